The molecule has 1 aromatic carbocycles. The number of unbranched alkanes of at least 4 members (excludes halogenated alkanes) is 2. The number of carboxylic acid groups (broad SMARTS) is 1. The summed E-state index contributed by atoms with van der Waals surface area (Å²) >= 11 is 0. The molecule has 1 aliphatic heterocycles. The van der Waals surface area contributed by atoms with Crippen molar-refractivity contribution in [2.75, 3.05) is 46.2 Å². The van der Waals surface area contributed by atoms with Crippen molar-refractivity contribution in [1.82, 2.24) is 0 Å². The van der Waals surface area contributed by atoms with E-state index < -0.39 is 12.4 Å². The zero-order chi connectivity index (χ0) is 25.8. The molecule has 34 heavy (non-hydrogen) atoms. The van der Waals surface area contributed by atoms with Gasteiger partial charge in [-0.25, -0.2) is 0 Å². The van der Waals surface area contributed by atoms with Crippen LogP contribution >= 0.6 is 0 Å². The lowest BCUT2D eigenvalue weighted by Crippen LogP contribution is -3.02. The number of hydrogen-bond donors (Lipinski definition) is 6. The highest BCUT2D eigenvalue weighted by Crippen LogP contribution is 2.20. The van der Waals surface area contributed by atoms with E-state index in [1.807, 2.05) is 24.3 Å². The molecule has 1 saturated heterocycles. The first-order valence-corrected chi connectivity index (χ1v) is 11.7. The molecule has 0 bridgehead atoms. The van der Waals surface area contributed by atoms with Gasteiger partial charge in [-0.3, -0.25) is 9.59 Å². The molecule has 7 N–H and O–H groups in total. The Bertz CT molecular complexity index is 641. The van der Waals surface area contributed by atoms with Gasteiger partial charge in [0.25, 0.3) is 6.47 Å². The van der Waals surface area contributed by atoms with Gasteiger partial charge in [-0.2, -0.15) is 0 Å². The maximum Gasteiger partial charge on any atom is 0.290 e. The summed E-state index contributed by atoms with van der Waals surface area (Å²) in [5, 5.41) is 28.7. The Hall–Kier alpha value is -2.08. The summed E-state index contributed by atoms with van der Waals surface area (Å²) in [4.78, 5) is 21.6. The third-order valence-corrected chi connectivity index (χ3v) is 4.59. The minimum absolute atomic E-state index is 0.0227. The Morgan fingerprint density at radius 2 is 1.82 bits per heavy atom. The van der Waals surface area contributed by atoms with Crippen molar-refractivity contribution >= 4 is 18.1 Å². The Kier molecular flexibility index (Phi) is 19.1. The molecule has 0 aliphatic carbocycles. The SMILES string of the molecule is C[NH+](C)C.NCCCCCC(=O)Nc1ccc(CCOC2CC(O)CC(CO)O2)cc1.O=CO. The number of aliphatic hydroxyl groups excluding tert-OH is 2. The monoisotopic (exact) mass is 486 g/mol. The highest BCUT2D eigenvalue weighted by Gasteiger charge is 2.28. The maximum absolute atomic E-state index is 11.9. The highest BCUT2D eigenvalue weighted by molar-refractivity contribution is 5.90. The lowest BCUT2D eigenvalue weighted by molar-refractivity contribution is -0.836. The van der Waals surface area contributed by atoms with Gasteiger partial charge in [0.1, 0.15) is 0 Å². The van der Waals surface area contributed by atoms with E-state index >= 15 is 0 Å². The fraction of sp³-hybridized carbons (Fsp3) is 0.667. The molecule has 10 nitrogen and oxygen atoms in total. The minimum atomic E-state index is -0.501. The third-order valence-electron chi connectivity index (χ3n) is 4.59. The average molecular weight is 487 g/mol. The summed E-state index contributed by atoms with van der Waals surface area (Å²) in [5.41, 5.74) is 7.32. The summed E-state index contributed by atoms with van der Waals surface area (Å²) in [5.74, 6) is 0.0227. The molecular weight excluding hydrogens is 442 g/mol. The first kappa shape index (κ1) is 31.9. The Morgan fingerprint density at radius 1 is 1.21 bits per heavy atom. The Labute approximate surface area is 203 Å². The number of hydrogen-bond acceptors (Lipinski definition) is 7. The first-order chi connectivity index (χ1) is 16.2. The predicted molar refractivity (Wildman–Crippen MR) is 131 cm³/mol. The van der Waals surface area contributed by atoms with Crippen LogP contribution in [-0.2, 0) is 25.5 Å². The van der Waals surface area contributed by atoms with Gasteiger partial charge in [0, 0.05) is 24.9 Å². The molecule has 0 radical (unpaired) electrons. The third kappa shape index (κ3) is 17.4. The van der Waals surface area contributed by atoms with Gasteiger partial charge in [0.2, 0.25) is 5.91 Å². The molecule has 10 heteroatoms. The zero-order valence-corrected chi connectivity index (χ0v) is 20.7. The lowest BCUT2D eigenvalue weighted by atomic mass is 10.1. The number of nitrogens with one attached hydrogen (secondary N) is 2. The van der Waals surface area contributed by atoms with Gasteiger partial charge in [0.05, 0.1) is 46.6 Å². The van der Waals surface area contributed by atoms with Crippen LogP contribution < -0.4 is 16.0 Å². The Balaban J connectivity index is 0.00000137. The van der Waals surface area contributed by atoms with Crippen molar-refractivity contribution in [3.63, 3.8) is 0 Å². The van der Waals surface area contributed by atoms with Gasteiger partial charge >= 0.3 is 0 Å². The average Bonchev–Trinajstić information content (AvgIpc) is 2.78. The molecule has 3 atom stereocenters. The number of benzene rings is 1. The number of amides is 1. The summed E-state index contributed by atoms with van der Waals surface area (Å²) in [6.07, 6.45) is 3.51. The first-order valence-electron chi connectivity index (χ1n) is 11.7. The molecule has 0 aromatic heterocycles. The molecule has 196 valence electrons. The summed E-state index contributed by atoms with van der Waals surface area (Å²) in [6.45, 7) is 0.766. The van der Waals surface area contributed by atoms with E-state index in [1.54, 1.807) is 0 Å². The zero-order valence-electron chi connectivity index (χ0n) is 20.7. The number of carbonyl (C=O) groups is 2. The second kappa shape index (κ2) is 20.3. The number of nitrogens with two attached hydrogens (primary N) is 1. The highest BCUT2D eigenvalue weighted by atomic mass is 16.7. The summed E-state index contributed by atoms with van der Waals surface area (Å²) in [7, 11) is 6.25. The van der Waals surface area contributed by atoms with Crippen molar-refractivity contribution in [3.05, 3.63) is 29.8 Å². The predicted octanol–water partition coefficient (Wildman–Crippen LogP) is 0.0231. The van der Waals surface area contributed by atoms with Crippen LogP contribution in [0.5, 0.6) is 0 Å². The maximum atomic E-state index is 11.9. The molecule has 2 rings (SSSR count). The van der Waals surface area contributed by atoms with Gasteiger partial charge in [-0.15, -0.1) is 0 Å². The van der Waals surface area contributed by atoms with Crippen molar-refractivity contribution in [2.45, 2.75) is 63.4 Å². The van der Waals surface area contributed by atoms with Crippen LogP contribution in [-0.4, -0.2) is 87.1 Å². The molecule has 1 heterocycles. The van der Waals surface area contributed by atoms with Crippen LogP contribution in [0, 0.1) is 0 Å². The van der Waals surface area contributed by atoms with Crippen LogP contribution in [0.1, 0.15) is 44.1 Å². The summed E-state index contributed by atoms with van der Waals surface area (Å²) in [6, 6.07) is 7.69. The van der Waals surface area contributed by atoms with Crippen molar-refractivity contribution < 1.29 is 39.3 Å². The van der Waals surface area contributed by atoms with E-state index in [-0.39, 0.29) is 25.1 Å². The number of carbonyl (C=O) groups excluding carboxylic acids is 1. The van der Waals surface area contributed by atoms with Crippen molar-refractivity contribution in [2.24, 2.45) is 5.73 Å². The van der Waals surface area contributed by atoms with Gasteiger partial charge in [0.15, 0.2) is 6.29 Å². The summed E-state index contributed by atoms with van der Waals surface area (Å²) < 4.78 is 11.2. The fourth-order valence-electron chi connectivity index (χ4n) is 3.07. The van der Waals surface area contributed by atoms with E-state index in [9.17, 15) is 9.90 Å². The smallest absolute Gasteiger partial charge is 0.290 e. The van der Waals surface area contributed by atoms with Crippen LogP contribution in [0.2, 0.25) is 0 Å². The Morgan fingerprint density at radius 3 is 2.38 bits per heavy atom. The largest absolute Gasteiger partial charge is 0.483 e. The standard InChI is InChI=1S/C20H32N2O5.C3H9N.CH2O2/c21-10-3-1-2-4-19(25)22-16-7-5-15(6-8-16)9-11-26-20-13-17(24)12-18(14-23)27-20;1-4(2)3;2-1-3/h5-8,17-18,20,23-24H,1-4,9-14,21H2,(H,22,25);1-3H3;1H,(H,2,3)/p+1. The molecule has 0 spiro atoms. The van der Waals surface area contributed by atoms with Gasteiger partial charge in [-0.05, 0) is 43.5 Å². The van der Waals surface area contributed by atoms with Crippen molar-refractivity contribution in [3.8, 4) is 0 Å². The number of aliphatic hydroxyl groups is 2. The van der Waals surface area contributed by atoms with E-state index in [4.69, 9.17) is 30.2 Å². The normalized spacial score (nSPS) is 19.3. The molecule has 1 amide bonds. The number of rotatable bonds is 11. The quantitative estimate of drug-likeness (QED) is 0.189. The second-order valence-corrected chi connectivity index (χ2v) is 8.57. The number of anilines is 1. The second-order valence-electron chi connectivity index (χ2n) is 8.57. The van der Waals surface area contributed by atoms with Gasteiger partial charge < -0.3 is 40.7 Å². The molecule has 1 fully saturated rings. The molecule has 0 saturated carbocycles. The minimum Gasteiger partial charge on any atom is -0.483 e. The van der Waals surface area contributed by atoms with E-state index in [2.05, 4.69) is 26.5 Å². The molecule has 1 aliphatic rings. The van der Waals surface area contributed by atoms with Crippen LogP contribution in [0.15, 0.2) is 24.3 Å². The number of ether oxygens (including phenoxy) is 2. The fourth-order valence-corrected chi connectivity index (χ4v) is 3.07. The van der Waals surface area contributed by atoms with Crippen LogP contribution in [0.25, 0.3) is 0 Å². The molecular formula is C24H44N3O7+. The van der Waals surface area contributed by atoms with Crippen LogP contribution in [0.3, 0.4) is 0 Å². The van der Waals surface area contributed by atoms with Crippen molar-refractivity contribution in [1.29, 1.82) is 0 Å². The topological polar surface area (TPSA) is 156 Å². The van der Waals surface area contributed by atoms with Gasteiger partial charge in [-0.1, -0.05) is 18.6 Å². The van der Waals surface area contributed by atoms with Crippen LogP contribution in [0.4, 0.5) is 5.69 Å². The molecule has 1 aromatic rings. The number of quaternary nitrogens is 1. The van der Waals surface area contributed by atoms with E-state index in [0.717, 1.165) is 30.5 Å². The van der Waals surface area contributed by atoms with E-state index in [0.29, 0.717) is 38.8 Å². The lowest BCUT2D eigenvalue weighted by Gasteiger charge is -2.32. The molecule has 3 unspecified atom stereocenters. The van der Waals surface area contributed by atoms with E-state index in [1.165, 1.54) is 4.90 Å².